The maximum absolute atomic E-state index is 15.6. The van der Waals surface area contributed by atoms with Crippen LogP contribution >= 0.6 is 16.8 Å². The van der Waals surface area contributed by atoms with Gasteiger partial charge in [0, 0.05) is 43.6 Å². The van der Waals surface area contributed by atoms with Crippen molar-refractivity contribution in [2.45, 2.75) is 37.2 Å². The molecule has 1 saturated carbocycles. The van der Waals surface area contributed by atoms with E-state index in [4.69, 9.17) is 9.47 Å². The van der Waals surface area contributed by atoms with Gasteiger partial charge >= 0.3 is 5.97 Å². The lowest BCUT2D eigenvalue weighted by Gasteiger charge is -2.35. The lowest BCUT2D eigenvalue weighted by Crippen LogP contribution is -2.49. The summed E-state index contributed by atoms with van der Waals surface area (Å²) in [5, 5.41) is 4.55. The average molecular weight is 651 g/mol. The summed E-state index contributed by atoms with van der Waals surface area (Å²) < 4.78 is 28.3. The Morgan fingerprint density at radius 2 is 1.84 bits per heavy atom. The molecular formula is C28H33FN4O9P2. The first-order valence-corrected chi connectivity index (χ1v) is 16.5. The third-order valence-electron chi connectivity index (χ3n) is 7.51. The summed E-state index contributed by atoms with van der Waals surface area (Å²) in [7, 11) is -3.87. The van der Waals surface area contributed by atoms with Gasteiger partial charge in [-0.2, -0.15) is 0 Å². The number of benzene rings is 2. The monoisotopic (exact) mass is 650 g/mol. The molecule has 0 radical (unpaired) electrons. The molecule has 1 aliphatic carbocycles. The zero-order valence-corrected chi connectivity index (χ0v) is 25.7. The zero-order chi connectivity index (χ0) is 31.7. The van der Waals surface area contributed by atoms with Crippen molar-refractivity contribution < 1.29 is 43.0 Å². The standard InChI is InChI=1S/C28H33FN4O9P2/c1-15-12-32(10-9-30-15)24-21(29)11-19-23(26(24)41-2)33(18-7-8-18)13-20(25(19)35)27(36)42-14-22(34)31-17-5-3-16(4-6-17)28(43(37)38)44(39)40/h3-6,11,13,15,18,28,30,37-40H,7-10,12,14H2,1-2H3,(H,31,34). The number of amides is 1. The number of fused-ring (bicyclic) bond motifs is 1. The number of anilines is 2. The van der Waals surface area contributed by atoms with Gasteiger partial charge in [-0.1, -0.05) is 12.1 Å². The van der Waals surface area contributed by atoms with Crippen LogP contribution in [0.1, 0.15) is 47.1 Å². The van der Waals surface area contributed by atoms with E-state index in [2.05, 4.69) is 10.6 Å². The quantitative estimate of drug-likeness (QED) is 0.140. The van der Waals surface area contributed by atoms with Gasteiger partial charge in [-0.3, -0.25) is 9.59 Å². The summed E-state index contributed by atoms with van der Waals surface area (Å²) in [6.07, 6.45) is 2.98. The van der Waals surface area contributed by atoms with Crippen molar-refractivity contribution in [2.75, 3.05) is 43.6 Å². The molecule has 2 aromatic carbocycles. The van der Waals surface area contributed by atoms with Crippen molar-refractivity contribution in [2.24, 2.45) is 0 Å². The Hall–Kier alpha value is -3.22. The number of methoxy groups -OCH3 is 1. The highest BCUT2D eigenvalue weighted by atomic mass is 31.2. The Bertz CT molecular complexity index is 1610. The van der Waals surface area contributed by atoms with E-state index in [9.17, 15) is 34.0 Å². The number of piperazine rings is 1. The molecule has 1 atom stereocenters. The zero-order valence-electron chi connectivity index (χ0n) is 23.9. The fraction of sp³-hybridized carbons (Fsp3) is 0.393. The molecule has 44 heavy (non-hydrogen) atoms. The molecule has 1 aromatic heterocycles. The molecule has 6 N–H and O–H groups in total. The first-order valence-electron chi connectivity index (χ1n) is 13.8. The molecule has 1 aliphatic heterocycles. The smallest absolute Gasteiger partial charge is 0.344 e. The number of nitrogens with zero attached hydrogens (tertiary/aromatic N) is 2. The number of halogens is 1. The molecule has 0 spiro atoms. The number of hydrogen-bond donors (Lipinski definition) is 6. The van der Waals surface area contributed by atoms with E-state index >= 15 is 4.39 Å². The van der Waals surface area contributed by atoms with Crippen LogP contribution in [0.2, 0.25) is 0 Å². The Morgan fingerprint density at radius 3 is 2.43 bits per heavy atom. The fourth-order valence-electron chi connectivity index (χ4n) is 5.36. The molecule has 1 saturated heterocycles. The number of carbonyl (C=O) groups excluding carboxylic acids is 2. The molecule has 2 fully saturated rings. The number of nitrogens with one attached hydrogen (secondary N) is 2. The predicted molar refractivity (Wildman–Crippen MR) is 163 cm³/mol. The van der Waals surface area contributed by atoms with Gasteiger partial charge in [-0.25, -0.2) is 9.18 Å². The van der Waals surface area contributed by atoms with Crippen LogP contribution in [0.15, 0.2) is 41.3 Å². The van der Waals surface area contributed by atoms with Crippen LogP contribution in [0, 0.1) is 5.82 Å². The molecule has 236 valence electrons. The number of pyridine rings is 1. The number of esters is 1. The van der Waals surface area contributed by atoms with Crippen LogP contribution in [-0.2, 0) is 9.53 Å². The van der Waals surface area contributed by atoms with Crippen LogP contribution in [0.25, 0.3) is 10.9 Å². The first-order chi connectivity index (χ1) is 21.0. The topological polar surface area (TPSA) is 183 Å². The molecule has 3 aromatic rings. The van der Waals surface area contributed by atoms with E-state index in [1.807, 2.05) is 11.8 Å². The molecule has 13 nitrogen and oxygen atoms in total. The van der Waals surface area contributed by atoms with E-state index in [0.29, 0.717) is 25.2 Å². The average Bonchev–Trinajstić information content (AvgIpc) is 3.82. The van der Waals surface area contributed by atoms with Crippen molar-refractivity contribution in [3.63, 3.8) is 0 Å². The third-order valence-corrected chi connectivity index (χ3v) is 10.2. The predicted octanol–water partition coefficient (Wildman–Crippen LogP) is 2.67. The number of carbonyl (C=O) groups is 2. The highest BCUT2D eigenvalue weighted by Gasteiger charge is 2.33. The lowest BCUT2D eigenvalue weighted by molar-refractivity contribution is -0.119. The normalized spacial score (nSPS) is 17.0. The van der Waals surface area contributed by atoms with Gasteiger partial charge < -0.3 is 49.1 Å². The molecule has 1 amide bonds. The Kier molecular flexibility index (Phi) is 9.81. The second-order valence-corrected chi connectivity index (χ2v) is 13.4. The summed E-state index contributed by atoms with van der Waals surface area (Å²) in [6, 6.07) is 6.85. The summed E-state index contributed by atoms with van der Waals surface area (Å²) in [5.41, 5.74) is 0.102. The maximum atomic E-state index is 15.6. The van der Waals surface area contributed by atoms with Gasteiger partial charge in [0.05, 0.1) is 18.0 Å². The number of ether oxygens (including phenoxy) is 2. The van der Waals surface area contributed by atoms with Crippen molar-refractivity contribution in [3.05, 3.63) is 63.7 Å². The van der Waals surface area contributed by atoms with E-state index in [1.54, 1.807) is 4.57 Å². The van der Waals surface area contributed by atoms with E-state index in [1.165, 1.54) is 37.6 Å². The van der Waals surface area contributed by atoms with E-state index in [0.717, 1.165) is 18.9 Å². The SMILES string of the molecule is COc1c(N2CCNC(C)C2)c(F)cc2c(=O)c(C(=O)OCC(=O)Nc3ccc(C(P(O)O)P(O)O)cc3)cn(C3CC3)c12. The van der Waals surface area contributed by atoms with Crippen LogP contribution in [-0.4, -0.2) is 75.4 Å². The molecule has 16 heteroatoms. The number of hydrogen-bond acceptors (Lipinski definition) is 11. The van der Waals surface area contributed by atoms with Gasteiger partial charge in [0.25, 0.3) is 5.91 Å². The Balaban J connectivity index is 1.36. The summed E-state index contributed by atoms with van der Waals surface area (Å²) in [6.45, 7) is 3.02. The highest BCUT2D eigenvalue weighted by Crippen LogP contribution is 2.60. The third kappa shape index (κ3) is 6.72. The van der Waals surface area contributed by atoms with E-state index < -0.39 is 51.9 Å². The van der Waals surface area contributed by atoms with Crippen LogP contribution < -0.4 is 25.7 Å². The largest absolute Gasteiger partial charge is 0.492 e. The van der Waals surface area contributed by atoms with Gasteiger partial charge in [-0.05, 0) is 43.5 Å². The maximum Gasteiger partial charge on any atom is 0.344 e. The summed E-state index contributed by atoms with van der Waals surface area (Å²) in [4.78, 5) is 78.8. The highest BCUT2D eigenvalue weighted by molar-refractivity contribution is 7.63. The van der Waals surface area contributed by atoms with Gasteiger partial charge in [-0.15, -0.1) is 0 Å². The molecular weight excluding hydrogens is 617 g/mol. The minimum absolute atomic E-state index is 0.0222. The van der Waals surface area contributed by atoms with Crippen LogP contribution in [0.5, 0.6) is 5.75 Å². The van der Waals surface area contributed by atoms with Gasteiger partial charge in [0.15, 0.2) is 34.9 Å². The minimum Gasteiger partial charge on any atom is -0.492 e. The van der Waals surface area contributed by atoms with Crippen molar-refractivity contribution in [1.29, 1.82) is 0 Å². The van der Waals surface area contributed by atoms with Gasteiger partial charge in [0.2, 0.25) is 5.43 Å². The summed E-state index contributed by atoms with van der Waals surface area (Å²) >= 11 is 0. The number of rotatable bonds is 10. The summed E-state index contributed by atoms with van der Waals surface area (Å²) in [5.74, 6) is -2.18. The lowest BCUT2D eigenvalue weighted by atomic mass is 10.1. The first kappa shape index (κ1) is 32.2. The van der Waals surface area contributed by atoms with Crippen LogP contribution in [0.4, 0.5) is 15.8 Å². The molecule has 1 unspecified atom stereocenters. The minimum atomic E-state index is -2.65. The molecule has 2 aliphatic rings. The molecule has 5 rings (SSSR count). The van der Waals surface area contributed by atoms with Crippen molar-refractivity contribution in [1.82, 2.24) is 9.88 Å². The second-order valence-electron chi connectivity index (χ2n) is 10.7. The van der Waals surface area contributed by atoms with Crippen molar-refractivity contribution in [3.8, 4) is 5.75 Å². The fourth-order valence-corrected chi connectivity index (χ4v) is 6.97. The second kappa shape index (κ2) is 13.4. The molecule has 0 bridgehead atoms. The Morgan fingerprint density at radius 1 is 1.16 bits per heavy atom. The van der Waals surface area contributed by atoms with Crippen molar-refractivity contribution >= 4 is 50.9 Å². The van der Waals surface area contributed by atoms with Crippen LogP contribution in [0.3, 0.4) is 0 Å². The van der Waals surface area contributed by atoms with Gasteiger partial charge in [0.1, 0.15) is 16.7 Å². The molecule has 2 heterocycles. The number of aromatic nitrogens is 1. The Labute approximate surface area is 254 Å². The van der Waals surface area contributed by atoms with E-state index in [-0.39, 0.29) is 45.7 Å².